The van der Waals surface area contributed by atoms with Crippen LogP contribution >= 0.6 is 0 Å². The average Bonchev–Trinajstić information content (AvgIpc) is 1.96. The summed E-state index contributed by atoms with van der Waals surface area (Å²) in [7, 11) is 4.14. The third kappa shape index (κ3) is 3.37. The van der Waals surface area contributed by atoms with E-state index in [2.05, 4.69) is 25.9 Å². The Balaban J connectivity index is 2.33. The van der Waals surface area contributed by atoms with Crippen LogP contribution in [0.4, 0.5) is 4.79 Å². The van der Waals surface area contributed by atoms with Crippen LogP contribution in [0.3, 0.4) is 0 Å². The quantitative estimate of drug-likeness (QED) is 0.722. The molecule has 1 rings (SSSR count). The number of amides is 1. The Kier molecular flexibility index (Phi) is 3.84. The SMILES string of the molecule is CC(C1CN(C(=O)OC(C)(C)C)C1)N(C)C. The lowest BCUT2D eigenvalue weighted by Gasteiger charge is -2.44. The summed E-state index contributed by atoms with van der Waals surface area (Å²) < 4.78 is 5.30. The van der Waals surface area contributed by atoms with E-state index in [1.165, 1.54) is 0 Å². The maximum Gasteiger partial charge on any atom is 0.410 e. The van der Waals surface area contributed by atoms with E-state index in [-0.39, 0.29) is 6.09 Å². The Bertz CT molecular complexity index is 252. The minimum absolute atomic E-state index is 0.185. The van der Waals surface area contributed by atoms with Gasteiger partial charge in [-0.3, -0.25) is 0 Å². The number of ether oxygens (including phenoxy) is 1. The molecular formula is C12H24N2O2. The molecule has 94 valence electrons. The van der Waals surface area contributed by atoms with Crippen LogP contribution in [0.5, 0.6) is 0 Å². The molecule has 1 saturated heterocycles. The van der Waals surface area contributed by atoms with Crippen molar-refractivity contribution in [3.05, 3.63) is 0 Å². The minimum Gasteiger partial charge on any atom is -0.444 e. The zero-order valence-electron chi connectivity index (χ0n) is 11.3. The van der Waals surface area contributed by atoms with Gasteiger partial charge in [0.1, 0.15) is 5.60 Å². The highest BCUT2D eigenvalue weighted by atomic mass is 16.6. The lowest BCUT2D eigenvalue weighted by atomic mass is 9.92. The zero-order valence-corrected chi connectivity index (χ0v) is 11.3. The van der Waals surface area contributed by atoms with Gasteiger partial charge in [-0.2, -0.15) is 0 Å². The number of rotatable bonds is 2. The lowest BCUT2D eigenvalue weighted by Crippen LogP contribution is -2.57. The molecule has 1 amide bonds. The fraction of sp³-hybridized carbons (Fsp3) is 0.917. The molecule has 0 N–H and O–H groups in total. The first-order valence-electron chi connectivity index (χ1n) is 5.85. The summed E-state index contributed by atoms with van der Waals surface area (Å²) in [5.74, 6) is 0.572. The average molecular weight is 228 g/mol. The summed E-state index contributed by atoms with van der Waals surface area (Å²) in [4.78, 5) is 15.6. The number of hydrogen-bond donors (Lipinski definition) is 0. The van der Waals surface area contributed by atoms with Gasteiger partial charge in [0.05, 0.1) is 0 Å². The van der Waals surface area contributed by atoms with E-state index in [0.717, 1.165) is 13.1 Å². The van der Waals surface area contributed by atoms with Crippen molar-refractivity contribution in [2.24, 2.45) is 5.92 Å². The molecule has 1 fully saturated rings. The second-order valence-electron chi connectivity index (χ2n) is 5.85. The van der Waals surface area contributed by atoms with E-state index in [1.807, 2.05) is 20.8 Å². The highest BCUT2D eigenvalue weighted by Crippen LogP contribution is 2.23. The predicted octanol–water partition coefficient (Wildman–Crippen LogP) is 1.80. The molecule has 0 aromatic carbocycles. The molecule has 0 spiro atoms. The maximum atomic E-state index is 11.7. The number of carbonyl (C=O) groups is 1. The second kappa shape index (κ2) is 4.62. The molecule has 0 aromatic heterocycles. The molecule has 4 nitrogen and oxygen atoms in total. The molecule has 1 heterocycles. The molecule has 0 aromatic rings. The van der Waals surface area contributed by atoms with Crippen LogP contribution in [0.25, 0.3) is 0 Å². The number of carbonyl (C=O) groups excluding carboxylic acids is 1. The van der Waals surface area contributed by atoms with Crippen LogP contribution in [-0.2, 0) is 4.74 Å². The van der Waals surface area contributed by atoms with Crippen molar-refractivity contribution in [3.63, 3.8) is 0 Å². The molecular weight excluding hydrogens is 204 g/mol. The monoisotopic (exact) mass is 228 g/mol. The standard InChI is InChI=1S/C12H24N2O2/c1-9(13(5)6)10-7-14(8-10)11(15)16-12(2,3)4/h9-10H,7-8H2,1-6H3. The first-order chi connectivity index (χ1) is 7.20. The summed E-state index contributed by atoms with van der Waals surface area (Å²) in [6.45, 7) is 9.50. The van der Waals surface area contributed by atoms with Crippen molar-refractivity contribution in [1.82, 2.24) is 9.80 Å². The first-order valence-corrected chi connectivity index (χ1v) is 5.85. The summed E-state index contributed by atoms with van der Waals surface area (Å²) >= 11 is 0. The summed E-state index contributed by atoms with van der Waals surface area (Å²) in [5, 5.41) is 0. The molecule has 0 aliphatic carbocycles. The summed E-state index contributed by atoms with van der Waals surface area (Å²) in [5.41, 5.74) is -0.394. The lowest BCUT2D eigenvalue weighted by molar-refractivity contribution is -0.0128. The third-order valence-electron chi connectivity index (χ3n) is 3.06. The van der Waals surface area contributed by atoms with Crippen molar-refractivity contribution >= 4 is 6.09 Å². The van der Waals surface area contributed by atoms with E-state index >= 15 is 0 Å². The molecule has 1 aliphatic heterocycles. The Labute approximate surface area is 98.5 Å². The molecule has 0 radical (unpaired) electrons. The molecule has 16 heavy (non-hydrogen) atoms. The molecule has 0 saturated carbocycles. The number of likely N-dealkylation sites (tertiary alicyclic amines) is 1. The van der Waals surface area contributed by atoms with Gasteiger partial charge >= 0.3 is 6.09 Å². The van der Waals surface area contributed by atoms with Gasteiger partial charge in [0.2, 0.25) is 0 Å². The number of nitrogens with zero attached hydrogens (tertiary/aromatic N) is 2. The van der Waals surface area contributed by atoms with Crippen LogP contribution < -0.4 is 0 Å². The highest BCUT2D eigenvalue weighted by molar-refractivity contribution is 5.69. The smallest absolute Gasteiger partial charge is 0.410 e. The molecule has 1 unspecified atom stereocenters. The Morgan fingerprint density at radius 2 is 1.88 bits per heavy atom. The Morgan fingerprint density at radius 1 is 1.38 bits per heavy atom. The van der Waals surface area contributed by atoms with Crippen LogP contribution in [0.15, 0.2) is 0 Å². The topological polar surface area (TPSA) is 32.8 Å². The first kappa shape index (κ1) is 13.3. The Morgan fingerprint density at radius 3 is 2.25 bits per heavy atom. The van der Waals surface area contributed by atoms with Gasteiger partial charge in [-0.15, -0.1) is 0 Å². The van der Waals surface area contributed by atoms with Crippen LogP contribution in [-0.4, -0.2) is 54.7 Å². The van der Waals surface area contributed by atoms with Gasteiger partial charge in [-0.25, -0.2) is 4.79 Å². The summed E-state index contributed by atoms with van der Waals surface area (Å²) in [6.07, 6.45) is -0.185. The molecule has 4 heteroatoms. The van der Waals surface area contributed by atoms with Crippen molar-refractivity contribution < 1.29 is 9.53 Å². The second-order valence-corrected chi connectivity index (χ2v) is 5.85. The van der Waals surface area contributed by atoms with Crippen molar-refractivity contribution in [2.45, 2.75) is 39.3 Å². The van der Waals surface area contributed by atoms with Crippen LogP contribution in [0.2, 0.25) is 0 Å². The molecule has 1 aliphatic rings. The van der Waals surface area contributed by atoms with Gasteiger partial charge in [0.25, 0.3) is 0 Å². The fourth-order valence-corrected chi connectivity index (χ4v) is 1.71. The van der Waals surface area contributed by atoms with E-state index in [1.54, 1.807) is 4.90 Å². The van der Waals surface area contributed by atoms with Gasteiger partial charge in [-0.1, -0.05) is 0 Å². The zero-order chi connectivity index (χ0) is 12.5. The third-order valence-corrected chi connectivity index (χ3v) is 3.06. The van der Waals surface area contributed by atoms with Crippen LogP contribution in [0, 0.1) is 5.92 Å². The summed E-state index contributed by atoms with van der Waals surface area (Å²) in [6, 6.07) is 0.513. The van der Waals surface area contributed by atoms with Crippen LogP contribution in [0.1, 0.15) is 27.7 Å². The number of hydrogen-bond acceptors (Lipinski definition) is 3. The largest absolute Gasteiger partial charge is 0.444 e. The van der Waals surface area contributed by atoms with E-state index < -0.39 is 5.60 Å². The van der Waals surface area contributed by atoms with Gasteiger partial charge in [-0.05, 0) is 41.8 Å². The van der Waals surface area contributed by atoms with Gasteiger partial charge in [0.15, 0.2) is 0 Å². The normalized spacial score (nSPS) is 19.6. The van der Waals surface area contributed by atoms with Gasteiger partial charge in [0, 0.05) is 25.0 Å². The van der Waals surface area contributed by atoms with Gasteiger partial charge < -0.3 is 14.5 Å². The Hall–Kier alpha value is -0.770. The maximum absolute atomic E-state index is 11.7. The minimum atomic E-state index is -0.394. The molecule has 1 atom stereocenters. The van der Waals surface area contributed by atoms with Crippen molar-refractivity contribution in [1.29, 1.82) is 0 Å². The van der Waals surface area contributed by atoms with E-state index in [4.69, 9.17) is 4.74 Å². The predicted molar refractivity (Wildman–Crippen MR) is 64.4 cm³/mol. The highest BCUT2D eigenvalue weighted by Gasteiger charge is 2.37. The van der Waals surface area contributed by atoms with E-state index in [9.17, 15) is 4.79 Å². The van der Waals surface area contributed by atoms with E-state index in [0.29, 0.717) is 12.0 Å². The fourth-order valence-electron chi connectivity index (χ4n) is 1.71. The molecule has 0 bridgehead atoms. The van der Waals surface area contributed by atoms with Crippen molar-refractivity contribution in [2.75, 3.05) is 27.2 Å². The van der Waals surface area contributed by atoms with Crippen molar-refractivity contribution in [3.8, 4) is 0 Å².